The Labute approximate surface area is 117 Å². The summed E-state index contributed by atoms with van der Waals surface area (Å²) in [6, 6.07) is 2.84. The fourth-order valence-corrected chi connectivity index (χ4v) is 3.65. The number of halogens is 1. The molecule has 1 aliphatic heterocycles. The van der Waals surface area contributed by atoms with Crippen LogP contribution in [0.3, 0.4) is 0 Å². The van der Waals surface area contributed by atoms with E-state index in [0.717, 1.165) is 4.88 Å². The number of carboxylic acid groups (broad SMARTS) is 1. The molecule has 2 rings (SSSR count). The number of hydrogen-bond acceptors (Lipinski definition) is 4. The quantitative estimate of drug-likeness (QED) is 0.871. The molecule has 0 spiro atoms. The van der Waals surface area contributed by atoms with E-state index in [-0.39, 0.29) is 5.91 Å². The van der Waals surface area contributed by atoms with Crippen molar-refractivity contribution in [2.75, 3.05) is 11.6 Å². The van der Waals surface area contributed by atoms with Gasteiger partial charge in [-0.05, 0) is 18.2 Å². The van der Waals surface area contributed by atoms with Crippen LogP contribution >= 0.6 is 34.7 Å². The molecule has 2 heterocycles. The Morgan fingerprint density at radius 1 is 1.50 bits per heavy atom. The van der Waals surface area contributed by atoms with Gasteiger partial charge in [-0.2, -0.15) is 0 Å². The molecule has 1 saturated heterocycles. The van der Waals surface area contributed by atoms with E-state index in [1.54, 1.807) is 12.1 Å². The summed E-state index contributed by atoms with van der Waals surface area (Å²) in [6.07, 6.45) is 3.05. The Kier molecular flexibility index (Phi) is 4.31. The minimum atomic E-state index is -0.957. The van der Waals surface area contributed by atoms with Crippen LogP contribution in [0.5, 0.6) is 0 Å². The summed E-state index contributed by atoms with van der Waals surface area (Å²) < 4.78 is 0.655. The zero-order valence-electron chi connectivity index (χ0n) is 9.21. The molecule has 7 heteroatoms. The molecule has 1 fully saturated rings. The van der Waals surface area contributed by atoms with Crippen molar-refractivity contribution >= 4 is 52.7 Å². The second-order valence-electron chi connectivity index (χ2n) is 3.64. The van der Waals surface area contributed by atoms with Crippen LogP contribution in [0.15, 0.2) is 18.2 Å². The van der Waals surface area contributed by atoms with E-state index in [4.69, 9.17) is 16.7 Å². The molecule has 1 aromatic rings. The van der Waals surface area contributed by atoms with Gasteiger partial charge in [-0.3, -0.25) is 4.79 Å². The molecule has 1 unspecified atom stereocenters. The molecule has 0 aliphatic carbocycles. The molecule has 0 radical (unpaired) electrons. The largest absolute Gasteiger partial charge is 0.480 e. The van der Waals surface area contributed by atoms with E-state index in [1.807, 2.05) is 6.07 Å². The highest BCUT2D eigenvalue weighted by Gasteiger charge is 2.33. The first-order chi connectivity index (χ1) is 8.58. The maximum atomic E-state index is 11.9. The van der Waals surface area contributed by atoms with Crippen molar-refractivity contribution in [2.24, 2.45) is 0 Å². The van der Waals surface area contributed by atoms with Crippen LogP contribution in [0, 0.1) is 0 Å². The Balaban J connectivity index is 2.03. The number of thiophene rings is 1. The topological polar surface area (TPSA) is 57.6 Å². The fraction of sp³-hybridized carbons (Fsp3) is 0.273. The zero-order chi connectivity index (χ0) is 13.1. The van der Waals surface area contributed by atoms with Crippen LogP contribution in [0.2, 0.25) is 4.34 Å². The SMILES string of the molecule is O=C(O)C1CSCN1C(=O)/C=C/c1ccc(Cl)s1. The number of nitrogens with zero attached hydrogens (tertiary/aromatic N) is 1. The number of carbonyl (C=O) groups excluding carboxylic acids is 1. The third-order valence-corrected chi connectivity index (χ3v) is 4.64. The molecule has 96 valence electrons. The van der Waals surface area contributed by atoms with Gasteiger partial charge in [0.05, 0.1) is 10.2 Å². The van der Waals surface area contributed by atoms with Crippen LogP contribution in [-0.4, -0.2) is 39.6 Å². The number of carboxylic acids is 1. The second-order valence-corrected chi connectivity index (χ2v) is 6.38. The van der Waals surface area contributed by atoms with Crippen molar-refractivity contribution in [1.29, 1.82) is 0 Å². The summed E-state index contributed by atoms with van der Waals surface area (Å²) >= 11 is 8.59. The van der Waals surface area contributed by atoms with Gasteiger partial charge < -0.3 is 10.0 Å². The molecule has 1 atom stereocenters. The number of aliphatic carboxylic acids is 1. The predicted molar refractivity (Wildman–Crippen MR) is 74.0 cm³/mol. The van der Waals surface area contributed by atoms with Gasteiger partial charge >= 0.3 is 5.97 Å². The molecule has 0 saturated carbocycles. The van der Waals surface area contributed by atoms with E-state index in [0.29, 0.717) is 16.0 Å². The summed E-state index contributed by atoms with van der Waals surface area (Å²) in [5, 5.41) is 8.97. The Hall–Kier alpha value is -0.980. The first kappa shape index (κ1) is 13.5. The van der Waals surface area contributed by atoms with Gasteiger partial charge in [0.15, 0.2) is 0 Å². The maximum Gasteiger partial charge on any atom is 0.327 e. The second kappa shape index (κ2) is 5.77. The van der Waals surface area contributed by atoms with Crippen molar-refractivity contribution in [3.8, 4) is 0 Å². The Morgan fingerprint density at radius 3 is 2.89 bits per heavy atom. The number of hydrogen-bond donors (Lipinski definition) is 1. The van der Waals surface area contributed by atoms with Crippen LogP contribution in [0.4, 0.5) is 0 Å². The van der Waals surface area contributed by atoms with Crippen molar-refractivity contribution in [1.82, 2.24) is 4.90 Å². The molecular formula is C11H10ClNO3S2. The molecule has 18 heavy (non-hydrogen) atoms. The molecular weight excluding hydrogens is 294 g/mol. The van der Waals surface area contributed by atoms with Gasteiger partial charge in [-0.15, -0.1) is 23.1 Å². The lowest BCUT2D eigenvalue weighted by atomic mass is 10.3. The van der Waals surface area contributed by atoms with Gasteiger partial charge in [0, 0.05) is 16.7 Å². The van der Waals surface area contributed by atoms with Crippen LogP contribution in [0.1, 0.15) is 4.88 Å². The summed E-state index contributed by atoms with van der Waals surface area (Å²) in [5.74, 6) is -0.372. The van der Waals surface area contributed by atoms with E-state index < -0.39 is 12.0 Å². The van der Waals surface area contributed by atoms with Crippen molar-refractivity contribution in [2.45, 2.75) is 6.04 Å². The summed E-state index contributed by atoms with van der Waals surface area (Å²) in [7, 11) is 0. The van der Waals surface area contributed by atoms with Crippen LogP contribution in [0.25, 0.3) is 6.08 Å². The molecule has 0 bridgehead atoms. The van der Waals surface area contributed by atoms with Gasteiger partial charge in [0.1, 0.15) is 6.04 Å². The minimum Gasteiger partial charge on any atom is -0.480 e. The van der Waals surface area contributed by atoms with Crippen molar-refractivity contribution < 1.29 is 14.7 Å². The van der Waals surface area contributed by atoms with E-state index in [1.165, 1.54) is 34.1 Å². The van der Waals surface area contributed by atoms with Crippen LogP contribution < -0.4 is 0 Å². The fourth-order valence-electron chi connectivity index (χ4n) is 1.53. The van der Waals surface area contributed by atoms with Gasteiger partial charge in [-0.1, -0.05) is 11.6 Å². The monoisotopic (exact) mass is 303 g/mol. The van der Waals surface area contributed by atoms with E-state index in [9.17, 15) is 9.59 Å². The molecule has 0 aromatic carbocycles. The third kappa shape index (κ3) is 3.07. The van der Waals surface area contributed by atoms with Crippen LogP contribution in [-0.2, 0) is 9.59 Å². The molecule has 1 N–H and O–H groups in total. The first-order valence-corrected chi connectivity index (χ1v) is 7.47. The Morgan fingerprint density at radius 2 is 2.28 bits per heavy atom. The molecule has 1 amide bonds. The lowest BCUT2D eigenvalue weighted by Crippen LogP contribution is -2.40. The highest BCUT2D eigenvalue weighted by atomic mass is 35.5. The van der Waals surface area contributed by atoms with E-state index in [2.05, 4.69) is 0 Å². The lowest BCUT2D eigenvalue weighted by Gasteiger charge is -2.18. The summed E-state index contributed by atoms with van der Waals surface area (Å²) in [5.41, 5.74) is 0. The predicted octanol–water partition coefficient (Wildman–Crippen LogP) is 2.40. The number of thioether (sulfide) groups is 1. The number of rotatable bonds is 3. The highest BCUT2D eigenvalue weighted by molar-refractivity contribution is 7.99. The zero-order valence-corrected chi connectivity index (χ0v) is 11.6. The van der Waals surface area contributed by atoms with Crippen molar-refractivity contribution in [3.05, 3.63) is 27.4 Å². The van der Waals surface area contributed by atoms with Gasteiger partial charge in [0.2, 0.25) is 5.91 Å². The Bertz CT molecular complexity index is 500. The standard InChI is InChI=1S/C11H10ClNO3S2/c12-9-3-1-7(18-9)2-4-10(14)13-6-17-5-8(13)11(15)16/h1-4,8H,5-6H2,(H,15,16)/b4-2+. The highest BCUT2D eigenvalue weighted by Crippen LogP contribution is 2.24. The smallest absolute Gasteiger partial charge is 0.327 e. The maximum absolute atomic E-state index is 11.9. The number of amides is 1. The lowest BCUT2D eigenvalue weighted by molar-refractivity contribution is -0.146. The average molecular weight is 304 g/mol. The third-order valence-electron chi connectivity index (χ3n) is 2.43. The van der Waals surface area contributed by atoms with E-state index >= 15 is 0 Å². The summed E-state index contributed by atoms with van der Waals surface area (Å²) in [4.78, 5) is 25.0. The van der Waals surface area contributed by atoms with Gasteiger partial charge in [-0.25, -0.2) is 4.79 Å². The molecule has 1 aliphatic rings. The van der Waals surface area contributed by atoms with Crippen molar-refractivity contribution in [3.63, 3.8) is 0 Å². The summed E-state index contributed by atoms with van der Waals surface area (Å²) in [6.45, 7) is 0. The number of carbonyl (C=O) groups is 2. The minimum absolute atomic E-state index is 0.281. The first-order valence-electron chi connectivity index (χ1n) is 5.12. The van der Waals surface area contributed by atoms with Gasteiger partial charge in [0.25, 0.3) is 0 Å². The normalized spacial score (nSPS) is 19.6. The molecule has 4 nitrogen and oxygen atoms in total. The molecule has 1 aromatic heterocycles. The average Bonchev–Trinajstić information content (AvgIpc) is 2.94.